The number of aliphatic hydroxyl groups excluding tert-OH is 1. The van der Waals surface area contributed by atoms with Gasteiger partial charge in [0.05, 0.1) is 12.7 Å². The molecule has 2 atom stereocenters. The second-order valence-corrected chi connectivity index (χ2v) is 3.07. The quantitative estimate of drug-likeness (QED) is 0.630. The zero-order valence-corrected chi connectivity index (χ0v) is 6.55. The molecule has 0 radical (unpaired) electrons. The average Bonchev–Trinajstić information content (AvgIpc) is 1.94. The Kier molecular flexibility index (Phi) is 3.16. The number of methoxy groups -OCH3 is 1. The van der Waals surface area contributed by atoms with E-state index in [1.54, 1.807) is 7.11 Å². The van der Waals surface area contributed by atoms with Crippen LogP contribution in [-0.4, -0.2) is 24.9 Å². The Morgan fingerprint density at radius 1 is 1.40 bits per heavy atom. The van der Waals surface area contributed by atoms with E-state index in [1.165, 1.54) is 12.8 Å². The second kappa shape index (κ2) is 3.94. The molecule has 10 heavy (non-hydrogen) atoms. The van der Waals surface area contributed by atoms with E-state index in [0.29, 0.717) is 5.92 Å². The van der Waals surface area contributed by atoms with Crippen molar-refractivity contribution < 1.29 is 9.84 Å². The normalized spacial score (nSPS) is 34.2. The van der Waals surface area contributed by atoms with Crippen LogP contribution in [0.25, 0.3) is 0 Å². The van der Waals surface area contributed by atoms with Crippen LogP contribution >= 0.6 is 0 Å². The molecule has 0 aromatic heterocycles. The number of ether oxygens (including phenoxy) is 1. The van der Waals surface area contributed by atoms with Crippen molar-refractivity contribution in [2.24, 2.45) is 5.92 Å². The highest BCUT2D eigenvalue weighted by molar-refractivity contribution is 4.73. The molecule has 1 aliphatic rings. The minimum atomic E-state index is -0.103. The summed E-state index contributed by atoms with van der Waals surface area (Å²) in [5.41, 5.74) is 0. The molecular weight excluding hydrogens is 128 g/mol. The van der Waals surface area contributed by atoms with E-state index >= 15 is 0 Å². The van der Waals surface area contributed by atoms with Gasteiger partial charge >= 0.3 is 0 Å². The molecule has 0 heterocycles. The molecule has 0 aliphatic heterocycles. The lowest BCUT2D eigenvalue weighted by molar-refractivity contribution is 0.0209. The third-order valence-electron chi connectivity index (χ3n) is 2.25. The lowest BCUT2D eigenvalue weighted by atomic mass is 9.87. The van der Waals surface area contributed by atoms with Gasteiger partial charge in [-0.1, -0.05) is 12.8 Å². The van der Waals surface area contributed by atoms with E-state index in [4.69, 9.17) is 4.74 Å². The first-order chi connectivity index (χ1) is 4.84. The van der Waals surface area contributed by atoms with Crippen molar-refractivity contribution in [3.05, 3.63) is 0 Å². The summed E-state index contributed by atoms with van der Waals surface area (Å²) in [5, 5.41) is 9.42. The SMILES string of the molecule is COC[C@@H]1CCCC[C@H]1O. The van der Waals surface area contributed by atoms with Crippen LogP contribution in [-0.2, 0) is 4.74 Å². The van der Waals surface area contributed by atoms with Gasteiger partial charge in [-0.3, -0.25) is 0 Å². The molecule has 1 aliphatic carbocycles. The van der Waals surface area contributed by atoms with Gasteiger partial charge in [0.25, 0.3) is 0 Å². The molecule has 2 nitrogen and oxygen atoms in total. The zero-order chi connectivity index (χ0) is 7.40. The first-order valence-electron chi connectivity index (χ1n) is 4.01. The maximum Gasteiger partial charge on any atom is 0.0590 e. The molecular formula is C8H16O2. The molecule has 60 valence electrons. The first kappa shape index (κ1) is 8.02. The molecule has 0 aromatic carbocycles. The lowest BCUT2D eigenvalue weighted by Crippen LogP contribution is -2.27. The number of hydrogen-bond acceptors (Lipinski definition) is 2. The Bertz CT molecular complexity index is 91.3. The molecule has 0 amide bonds. The number of hydrogen-bond donors (Lipinski definition) is 1. The van der Waals surface area contributed by atoms with Crippen LogP contribution in [0, 0.1) is 5.92 Å². The molecule has 1 rings (SSSR count). The fraction of sp³-hybridized carbons (Fsp3) is 1.00. The van der Waals surface area contributed by atoms with Crippen LogP contribution in [0.5, 0.6) is 0 Å². The van der Waals surface area contributed by atoms with Crippen LogP contribution in [0.2, 0.25) is 0 Å². The van der Waals surface area contributed by atoms with Crippen LogP contribution in [0.4, 0.5) is 0 Å². The van der Waals surface area contributed by atoms with Crippen molar-refractivity contribution in [2.75, 3.05) is 13.7 Å². The predicted molar refractivity (Wildman–Crippen MR) is 39.8 cm³/mol. The van der Waals surface area contributed by atoms with Crippen molar-refractivity contribution in [1.82, 2.24) is 0 Å². The summed E-state index contributed by atoms with van der Waals surface area (Å²) in [6.07, 6.45) is 4.43. The molecule has 1 saturated carbocycles. The molecule has 1 fully saturated rings. The van der Waals surface area contributed by atoms with E-state index in [-0.39, 0.29) is 6.10 Å². The third-order valence-corrected chi connectivity index (χ3v) is 2.25. The van der Waals surface area contributed by atoms with Crippen molar-refractivity contribution in [2.45, 2.75) is 31.8 Å². The first-order valence-corrected chi connectivity index (χ1v) is 4.01. The monoisotopic (exact) mass is 144 g/mol. The molecule has 1 N–H and O–H groups in total. The highest BCUT2D eigenvalue weighted by Crippen LogP contribution is 2.23. The van der Waals surface area contributed by atoms with Gasteiger partial charge in [0.15, 0.2) is 0 Å². The fourth-order valence-corrected chi connectivity index (χ4v) is 1.60. The van der Waals surface area contributed by atoms with E-state index in [0.717, 1.165) is 19.4 Å². The summed E-state index contributed by atoms with van der Waals surface area (Å²) in [6, 6.07) is 0. The Labute approximate surface area is 62.2 Å². The minimum absolute atomic E-state index is 0.103. The standard InChI is InChI=1S/C8H16O2/c1-10-6-7-4-2-3-5-8(7)9/h7-9H,2-6H2,1H3/t7-,8+/m0/s1. The smallest absolute Gasteiger partial charge is 0.0590 e. The van der Waals surface area contributed by atoms with Gasteiger partial charge in [-0.05, 0) is 12.8 Å². The summed E-state index contributed by atoms with van der Waals surface area (Å²) >= 11 is 0. The summed E-state index contributed by atoms with van der Waals surface area (Å²) in [6.45, 7) is 0.723. The fourth-order valence-electron chi connectivity index (χ4n) is 1.60. The van der Waals surface area contributed by atoms with Gasteiger partial charge in [0.2, 0.25) is 0 Å². The Morgan fingerprint density at radius 3 is 2.70 bits per heavy atom. The largest absolute Gasteiger partial charge is 0.393 e. The Hall–Kier alpha value is -0.0800. The molecule has 0 unspecified atom stereocenters. The minimum Gasteiger partial charge on any atom is -0.393 e. The lowest BCUT2D eigenvalue weighted by Gasteiger charge is -2.26. The predicted octanol–water partition coefficient (Wildman–Crippen LogP) is 1.18. The van der Waals surface area contributed by atoms with Gasteiger partial charge in [0.1, 0.15) is 0 Å². The van der Waals surface area contributed by atoms with Crippen LogP contribution in [0.3, 0.4) is 0 Å². The Morgan fingerprint density at radius 2 is 2.10 bits per heavy atom. The van der Waals surface area contributed by atoms with Crippen molar-refractivity contribution >= 4 is 0 Å². The van der Waals surface area contributed by atoms with Crippen molar-refractivity contribution in [1.29, 1.82) is 0 Å². The van der Waals surface area contributed by atoms with E-state index in [9.17, 15) is 5.11 Å². The highest BCUT2D eigenvalue weighted by Gasteiger charge is 2.22. The van der Waals surface area contributed by atoms with Gasteiger partial charge in [-0.25, -0.2) is 0 Å². The summed E-state index contributed by atoms with van der Waals surface area (Å²) in [7, 11) is 1.70. The van der Waals surface area contributed by atoms with E-state index < -0.39 is 0 Å². The topological polar surface area (TPSA) is 29.5 Å². The van der Waals surface area contributed by atoms with Gasteiger partial charge in [-0.2, -0.15) is 0 Å². The van der Waals surface area contributed by atoms with Crippen LogP contribution in [0.1, 0.15) is 25.7 Å². The third kappa shape index (κ3) is 1.96. The molecule has 0 saturated heterocycles. The second-order valence-electron chi connectivity index (χ2n) is 3.07. The number of aliphatic hydroxyl groups is 1. The summed E-state index contributed by atoms with van der Waals surface area (Å²) < 4.78 is 4.99. The highest BCUT2D eigenvalue weighted by atomic mass is 16.5. The van der Waals surface area contributed by atoms with Gasteiger partial charge < -0.3 is 9.84 Å². The van der Waals surface area contributed by atoms with E-state index in [1.807, 2.05) is 0 Å². The van der Waals surface area contributed by atoms with Crippen molar-refractivity contribution in [3.63, 3.8) is 0 Å². The number of rotatable bonds is 2. The van der Waals surface area contributed by atoms with Crippen LogP contribution in [0.15, 0.2) is 0 Å². The van der Waals surface area contributed by atoms with Gasteiger partial charge in [0, 0.05) is 13.0 Å². The van der Waals surface area contributed by atoms with Crippen LogP contribution < -0.4 is 0 Å². The zero-order valence-electron chi connectivity index (χ0n) is 6.55. The molecule has 0 bridgehead atoms. The van der Waals surface area contributed by atoms with Gasteiger partial charge in [-0.15, -0.1) is 0 Å². The Balaban J connectivity index is 2.25. The summed E-state index contributed by atoms with van der Waals surface area (Å²) in [4.78, 5) is 0. The maximum atomic E-state index is 9.42. The van der Waals surface area contributed by atoms with Crippen molar-refractivity contribution in [3.8, 4) is 0 Å². The summed E-state index contributed by atoms with van der Waals surface area (Å²) in [5.74, 6) is 0.402. The average molecular weight is 144 g/mol. The molecule has 0 aromatic rings. The molecule has 2 heteroatoms. The molecule has 0 spiro atoms. The van der Waals surface area contributed by atoms with E-state index in [2.05, 4.69) is 0 Å². The maximum absolute atomic E-state index is 9.42.